The Morgan fingerprint density at radius 3 is 1.94 bits per heavy atom. The SMILES string of the molecule is NOC(=O)C(CCC(=O)O)(CC(=O)O)P(=O)(O)O. The Hall–Kier alpha value is -1.48. The van der Waals surface area contributed by atoms with Crippen LogP contribution in [0.25, 0.3) is 0 Å². The highest BCUT2D eigenvalue weighted by atomic mass is 31.2. The molecule has 104 valence electrons. The first-order valence-corrected chi connectivity index (χ1v) is 6.08. The minimum absolute atomic E-state index is 0.826. The lowest BCUT2D eigenvalue weighted by molar-refractivity contribution is -0.153. The monoisotopic (exact) mass is 285 g/mol. The zero-order valence-corrected chi connectivity index (χ0v) is 9.87. The van der Waals surface area contributed by atoms with E-state index < -0.39 is 49.9 Å². The molecule has 1 unspecified atom stereocenters. The first kappa shape index (κ1) is 16.5. The van der Waals surface area contributed by atoms with Gasteiger partial charge in [0, 0.05) is 6.42 Å². The summed E-state index contributed by atoms with van der Waals surface area (Å²) >= 11 is 0. The van der Waals surface area contributed by atoms with Crippen molar-refractivity contribution in [3.05, 3.63) is 0 Å². The molecule has 0 rings (SSSR count). The molecule has 6 N–H and O–H groups in total. The maximum absolute atomic E-state index is 11.3. The number of carboxylic acids is 2. The maximum atomic E-state index is 11.3. The van der Waals surface area contributed by atoms with Gasteiger partial charge in [-0.05, 0) is 6.42 Å². The first-order chi connectivity index (χ1) is 8.06. The summed E-state index contributed by atoms with van der Waals surface area (Å²) in [6.07, 6.45) is -3.02. The zero-order chi connectivity index (χ0) is 14.6. The normalized spacial score (nSPS) is 14.6. The minimum atomic E-state index is -5.29. The molecule has 0 bridgehead atoms. The van der Waals surface area contributed by atoms with Crippen LogP contribution in [0.4, 0.5) is 0 Å². The summed E-state index contributed by atoms with van der Waals surface area (Å²) in [6, 6.07) is 0. The first-order valence-electron chi connectivity index (χ1n) is 4.47. The van der Waals surface area contributed by atoms with Crippen LogP contribution in [0.2, 0.25) is 0 Å². The topological polar surface area (TPSA) is 184 Å². The van der Waals surface area contributed by atoms with E-state index in [0.717, 1.165) is 0 Å². The molecule has 0 saturated heterocycles. The second kappa shape index (κ2) is 5.91. The smallest absolute Gasteiger partial charge is 0.343 e. The number of hydrogen-bond donors (Lipinski definition) is 5. The zero-order valence-electron chi connectivity index (χ0n) is 8.98. The number of nitrogens with two attached hydrogens (primary N) is 1. The van der Waals surface area contributed by atoms with Crippen LogP contribution in [-0.4, -0.2) is 43.1 Å². The summed E-state index contributed by atoms with van der Waals surface area (Å²) in [5.74, 6) is -0.319. The third-order valence-electron chi connectivity index (χ3n) is 2.24. The second-order valence-corrected chi connectivity index (χ2v) is 5.39. The van der Waals surface area contributed by atoms with Crippen LogP contribution < -0.4 is 5.90 Å². The average Bonchev–Trinajstić information content (AvgIpc) is 2.20. The second-order valence-electron chi connectivity index (χ2n) is 3.45. The van der Waals surface area contributed by atoms with Gasteiger partial charge in [-0.2, -0.15) is 5.90 Å². The molecule has 0 amide bonds. The Balaban J connectivity index is 5.55. The van der Waals surface area contributed by atoms with Crippen molar-refractivity contribution < 1.29 is 43.8 Å². The predicted octanol–water partition coefficient (Wildman–Crippen LogP) is -1.34. The van der Waals surface area contributed by atoms with Crippen LogP contribution in [0.1, 0.15) is 19.3 Å². The van der Waals surface area contributed by atoms with Crippen LogP contribution in [0.15, 0.2) is 0 Å². The number of aliphatic carboxylic acids is 2. The van der Waals surface area contributed by atoms with E-state index in [4.69, 9.17) is 20.0 Å². The minimum Gasteiger partial charge on any atom is -0.481 e. The van der Waals surface area contributed by atoms with Crippen molar-refractivity contribution in [1.82, 2.24) is 0 Å². The number of hydrogen-bond acceptors (Lipinski definition) is 6. The molecule has 11 heteroatoms. The Morgan fingerprint density at radius 1 is 1.17 bits per heavy atom. The van der Waals surface area contributed by atoms with E-state index in [2.05, 4.69) is 10.7 Å². The van der Waals surface area contributed by atoms with Gasteiger partial charge in [0.1, 0.15) is 0 Å². The standard InChI is InChI=1S/C7H12NO9P/c8-17-6(13)7(3-5(11)12,18(14,15)16)2-1-4(9)10/h1-3,8H2,(H,9,10)(H,11,12)(H2,14,15,16). The Kier molecular flexibility index (Phi) is 5.43. The molecule has 0 radical (unpaired) electrons. The van der Waals surface area contributed by atoms with Crippen molar-refractivity contribution >= 4 is 25.5 Å². The maximum Gasteiger partial charge on any atom is 0.343 e. The lowest BCUT2D eigenvalue weighted by Crippen LogP contribution is -2.43. The fraction of sp³-hybridized carbons (Fsp3) is 0.571. The van der Waals surface area contributed by atoms with Gasteiger partial charge in [-0.15, -0.1) is 0 Å². The quantitative estimate of drug-likeness (QED) is 0.277. The summed E-state index contributed by atoms with van der Waals surface area (Å²) in [7, 11) is -5.29. The van der Waals surface area contributed by atoms with E-state index in [9.17, 15) is 18.9 Å². The highest BCUT2D eigenvalue weighted by Crippen LogP contribution is 2.55. The van der Waals surface area contributed by atoms with Crippen molar-refractivity contribution in [2.24, 2.45) is 5.90 Å². The number of carbonyl (C=O) groups excluding carboxylic acids is 1. The average molecular weight is 285 g/mol. The predicted molar refractivity (Wildman–Crippen MR) is 54.2 cm³/mol. The van der Waals surface area contributed by atoms with Gasteiger partial charge in [0.2, 0.25) is 0 Å². The fourth-order valence-electron chi connectivity index (χ4n) is 1.30. The Labute approximate surface area is 100 Å². The highest BCUT2D eigenvalue weighted by Gasteiger charge is 2.56. The summed E-state index contributed by atoms with van der Waals surface area (Å²) in [6.45, 7) is 0. The molecule has 0 aromatic rings. The van der Waals surface area contributed by atoms with Crippen molar-refractivity contribution in [1.29, 1.82) is 0 Å². The van der Waals surface area contributed by atoms with E-state index in [1.165, 1.54) is 0 Å². The Bertz CT molecular complexity index is 402. The van der Waals surface area contributed by atoms with Crippen molar-refractivity contribution in [2.75, 3.05) is 0 Å². The molecule has 0 spiro atoms. The van der Waals surface area contributed by atoms with E-state index in [1.54, 1.807) is 0 Å². The molecule has 0 heterocycles. The molecule has 1 atom stereocenters. The van der Waals surface area contributed by atoms with Gasteiger partial charge < -0.3 is 24.8 Å². The number of rotatable bonds is 7. The van der Waals surface area contributed by atoms with Crippen LogP contribution in [0, 0.1) is 0 Å². The Morgan fingerprint density at radius 2 is 1.67 bits per heavy atom. The van der Waals surface area contributed by atoms with Gasteiger partial charge in [0.05, 0.1) is 6.42 Å². The van der Waals surface area contributed by atoms with Crippen LogP contribution in [0.3, 0.4) is 0 Å². The molecule has 0 aliphatic rings. The summed E-state index contributed by atoms with van der Waals surface area (Å²) < 4.78 is 11.3. The molecule has 0 aromatic carbocycles. The van der Waals surface area contributed by atoms with Gasteiger partial charge in [0.15, 0.2) is 5.16 Å². The summed E-state index contributed by atoms with van der Waals surface area (Å²) in [4.78, 5) is 54.2. The largest absolute Gasteiger partial charge is 0.481 e. The van der Waals surface area contributed by atoms with Crippen molar-refractivity contribution in [2.45, 2.75) is 24.4 Å². The summed E-state index contributed by atoms with van der Waals surface area (Å²) in [5.41, 5.74) is 0. The van der Waals surface area contributed by atoms with E-state index >= 15 is 0 Å². The molecule has 0 aliphatic carbocycles. The van der Waals surface area contributed by atoms with Gasteiger partial charge >= 0.3 is 25.5 Å². The number of carbonyl (C=O) groups is 3. The van der Waals surface area contributed by atoms with E-state index in [0.29, 0.717) is 0 Å². The van der Waals surface area contributed by atoms with Crippen molar-refractivity contribution in [3.8, 4) is 0 Å². The third-order valence-corrected chi connectivity index (χ3v) is 3.92. The summed E-state index contributed by atoms with van der Waals surface area (Å²) in [5, 5.41) is 14.2. The van der Waals surface area contributed by atoms with Gasteiger partial charge in [-0.25, -0.2) is 4.79 Å². The van der Waals surface area contributed by atoms with E-state index in [-0.39, 0.29) is 0 Å². The molecular weight excluding hydrogens is 273 g/mol. The molecule has 18 heavy (non-hydrogen) atoms. The van der Waals surface area contributed by atoms with Crippen LogP contribution >= 0.6 is 7.60 Å². The molecule has 0 fully saturated rings. The van der Waals surface area contributed by atoms with Crippen LogP contribution in [-0.2, 0) is 23.8 Å². The third kappa shape index (κ3) is 3.77. The number of carboxylic acid groups (broad SMARTS) is 2. The van der Waals surface area contributed by atoms with Crippen LogP contribution in [0.5, 0.6) is 0 Å². The molecule has 0 aliphatic heterocycles. The molecule has 0 aromatic heterocycles. The lowest BCUT2D eigenvalue weighted by atomic mass is 9.98. The molecular formula is C7H12NO9P. The lowest BCUT2D eigenvalue weighted by Gasteiger charge is -2.28. The van der Waals surface area contributed by atoms with E-state index in [1.807, 2.05) is 0 Å². The van der Waals surface area contributed by atoms with Gasteiger partial charge in [0.25, 0.3) is 0 Å². The molecule has 0 saturated carbocycles. The van der Waals surface area contributed by atoms with Crippen molar-refractivity contribution in [3.63, 3.8) is 0 Å². The van der Waals surface area contributed by atoms with Gasteiger partial charge in [-0.1, -0.05) is 0 Å². The highest BCUT2D eigenvalue weighted by molar-refractivity contribution is 7.54. The fourth-order valence-corrected chi connectivity index (χ4v) is 2.34. The molecule has 10 nitrogen and oxygen atoms in total. The van der Waals surface area contributed by atoms with Gasteiger partial charge in [-0.3, -0.25) is 14.2 Å².